The predicted molar refractivity (Wildman–Crippen MR) is 124 cm³/mol. The van der Waals surface area contributed by atoms with Crippen molar-refractivity contribution in [3.05, 3.63) is 56.7 Å². The highest BCUT2D eigenvalue weighted by molar-refractivity contribution is 8.01. The molecule has 0 saturated carbocycles. The van der Waals surface area contributed by atoms with Gasteiger partial charge >= 0.3 is 5.69 Å². The molecular formula is C19H23N7O3S2. The van der Waals surface area contributed by atoms with Gasteiger partial charge in [-0.1, -0.05) is 60.4 Å². The fourth-order valence-corrected chi connectivity index (χ4v) is 4.50. The average molecular weight is 462 g/mol. The number of hydrogen-bond acceptors (Lipinski definition) is 9. The van der Waals surface area contributed by atoms with Crippen LogP contribution in [0.15, 0.2) is 44.3 Å². The minimum absolute atomic E-state index is 0.0174. The number of thioether (sulfide) groups is 1. The highest BCUT2D eigenvalue weighted by atomic mass is 32.2. The van der Waals surface area contributed by atoms with Crippen LogP contribution < -0.4 is 27.2 Å². The molecule has 0 aliphatic heterocycles. The van der Waals surface area contributed by atoms with E-state index in [1.807, 2.05) is 37.3 Å². The van der Waals surface area contributed by atoms with E-state index < -0.39 is 11.2 Å². The predicted octanol–water partition coefficient (Wildman–Crippen LogP) is 1.60. The van der Waals surface area contributed by atoms with Crippen molar-refractivity contribution in [1.29, 1.82) is 0 Å². The number of carbonyl (C=O) groups excluding carboxylic acids is 1. The van der Waals surface area contributed by atoms with Gasteiger partial charge in [0, 0.05) is 13.6 Å². The third kappa shape index (κ3) is 5.33. The van der Waals surface area contributed by atoms with Crippen molar-refractivity contribution in [1.82, 2.24) is 19.7 Å². The molecule has 0 unspecified atom stereocenters. The van der Waals surface area contributed by atoms with Gasteiger partial charge in [0.2, 0.25) is 11.0 Å². The molecular weight excluding hydrogens is 438 g/mol. The molecule has 0 spiro atoms. The van der Waals surface area contributed by atoms with Gasteiger partial charge in [0.1, 0.15) is 5.82 Å². The van der Waals surface area contributed by atoms with Gasteiger partial charge < -0.3 is 16.0 Å². The van der Waals surface area contributed by atoms with Crippen molar-refractivity contribution < 1.29 is 4.79 Å². The number of amides is 1. The van der Waals surface area contributed by atoms with E-state index in [4.69, 9.17) is 5.73 Å². The Morgan fingerprint density at radius 3 is 2.68 bits per heavy atom. The summed E-state index contributed by atoms with van der Waals surface area (Å²) in [4.78, 5) is 41.7. The Morgan fingerprint density at radius 1 is 1.29 bits per heavy atom. The molecule has 0 aliphatic carbocycles. The summed E-state index contributed by atoms with van der Waals surface area (Å²) in [6.07, 6.45) is 0.607. The maximum atomic E-state index is 13.0. The molecule has 2 heterocycles. The second-order valence-electron chi connectivity index (χ2n) is 6.52. The summed E-state index contributed by atoms with van der Waals surface area (Å²) >= 11 is 2.56. The molecule has 3 aromatic rings. The van der Waals surface area contributed by atoms with Crippen LogP contribution in [-0.2, 0) is 11.3 Å². The van der Waals surface area contributed by atoms with Gasteiger partial charge in [0.25, 0.3) is 5.56 Å². The first kappa shape index (κ1) is 22.6. The number of rotatable bonds is 9. The zero-order valence-corrected chi connectivity index (χ0v) is 18.8. The van der Waals surface area contributed by atoms with Crippen LogP contribution in [0, 0.1) is 0 Å². The van der Waals surface area contributed by atoms with Crippen molar-refractivity contribution in [3.8, 4) is 0 Å². The summed E-state index contributed by atoms with van der Waals surface area (Å²) in [5, 5.41) is 11.5. The zero-order chi connectivity index (χ0) is 22.4. The summed E-state index contributed by atoms with van der Waals surface area (Å²) in [7, 11) is 1.74. The van der Waals surface area contributed by atoms with E-state index in [0.717, 1.165) is 5.56 Å². The van der Waals surface area contributed by atoms with Crippen molar-refractivity contribution >= 4 is 45.6 Å². The first-order chi connectivity index (χ1) is 14.9. The molecule has 164 valence electrons. The largest absolute Gasteiger partial charge is 0.383 e. The van der Waals surface area contributed by atoms with Gasteiger partial charge in [-0.3, -0.25) is 19.1 Å². The van der Waals surface area contributed by atoms with E-state index in [2.05, 4.69) is 20.5 Å². The third-order valence-electron chi connectivity index (χ3n) is 4.36. The van der Waals surface area contributed by atoms with Gasteiger partial charge in [0.05, 0.1) is 12.3 Å². The normalized spacial score (nSPS) is 10.8. The number of nitrogens with zero attached hydrogens (tertiary/aromatic N) is 4. The van der Waals surface area contributed by atoms with Crippen molar-refractivity contribution in [2.45, 2.75) is 24.2 Å². The Bertz CT molecular complexity index is 1160. The van der Waals surface area contributed by atoms with Gasteiger partial charge in [-0.05, 0) is 12.0 Å². The van der Waals surface area contributed by atoms with Crippen molar-refractivity contribution in [3.63, 3.8) is 0 Å². The van der Waals surface area contributed by atoms with Gasteiger partial charge in [-0.25, -0.2) is 4.79 Å². The second-order valence-corrected chi connectivity index (χ2v) is 8.72. The Balaban J connectivity index is 1.90. The molecule has 0 atom stereocenters. The molecule has 0 radical (unpaired) electrons. The number of benzene rings is 1. The van der Waals surface area contributed by atoms with Crippen molar-refractivity contribution in [2.24, 2.45) is 0 Å². The molecule has 1 amide bonds. The Hall–Kier alpha value is -3.12. The molecule has 3 rings (SSSR count). The number of carbonyl (C=O) groups is 1. The summed E-state index contributed by atoms with van der Waals surface area (Å²) in [6, 6.07) is 9.26. The molecule has 10 nitrogen and oxygen atoms in total. The quantitative estimate of drug-likeness (QED) is 0.408. The van der Waals surface area contributed by atoms with E-state index in [0.29, 0.717) is 15.9 Å². The van der Waals surface area contributed by atoms with Crippen molar-refractivity contribution in [2.75, 3.05) is 35.3 Å². The number of aromatic nitrogens is 4. The molecule has 2 aromatic heterocycles. The van der Waals surface area contributed by atoms with Crippen LogP contribution in [0.5, 0.6) is 0 Å². The van der Waals surface area contributed by atoms with Crippen LogP contribution in [0.3, 0.4) is 0 Å². The number of hydrogen-bond donors (Lipinski definition) is 3. The lowest BCUT2D eigenvalue weighted by Gasteiger charge is -2.24. The maximum Gasteiger partial charge on any atom is 0.330 e. The monoisotopic (exact) mass is 461 g/mol. The number of H-pyrrole nitrogens is 1. The molecule has 0 aliphatic rings. The van der Waals surface area contributed by atoms with E-state index in [1.54, 1.807) is 7.05 Å². The third-order valence-corrected chi connectivity index (χ3v) is 6.41. The first-order valence-corrected chi connectivity index (χ1v) is 11.4. The molecule has 0 bridgehead atoms. The highest BCUT2D eigenvalue weighted by Crippen LogP contribution is 2.26. The fraction of sp³-hybridized carbons (Fsp3) is 0.316. The Kier molecular flexibility index (Phi) is 7.47. The van der Waals surface area contributed by atoms with E-state index in [9.17, 15) is 14.4 Å². The summed E-state index contributed by atoms with van der Waals surface area (Å²) in [5.41, 5.74) is 5.76. The van der Waals surface area contributed by atoms with Gasteiger partial charge in [-0.2, -0.15) is 0 Å². The van der Waals surface area contributed by atoms with Crippen LogP contribution in [0.2, 0.25) is 0 Å². The minimum Gasteiger partial charge on any atom is -0.383 e. The van der Waals surface area contributed by atoms with E-state index in [1.165, 1.54) is 32.6 Å². The highest BCUT2D eigenvalue weighted by Gasteiger charge is 2.24. The first-order valence-electron chi connectivity index (χ1n) is 9.55. The smallest absolute Gasteiger partial charge is 0.330 e. The average Bonchev–Trinajstić information content (AvgIpc) is 3.23. The maximum absolute atomic E-state index is 13.0. The SMILES string of the molecule is CCCN(C(=O)CSc1nnc(NC)s1)c1c(N)n(Cc2ccccc2)c(=O)[nH]c1=O. The second kappa shape index (κ2) is 10.3. The van der Waals surface area contributed by atoms with Crippen LogP contribution in [0.1, 0.15) is 18.9 Å². The lowest BCUT2D eigenvalue weighted by atomic mass is 10.2. The molecule has 1 aromatic carbocycles. The number of nitrogen functional groups attached to an aromatic ring is 1. The molecule has 31 heavy (non-hydrogen) atoms. The summed E-state index contributed by atoms with van der Waals surface area (Å²) < 4.78 is 1.89. The number of nitrogens with one attached hydrogen (secondary N) is 2. The molecule has 4 N–H and O–H groups in total. The topological polar surface area (TPSA) is 139 Å². The Morgan fingerprint density at radius 2 is 2.03 bits per heavy atom. The van der Waals surface area contributed by atoms with Crippen LogP contribution in [0.25, 0.3) is 0 Å². The molecule has 0 fully saturated rings. The number of nitrogens with two attached hydrogens (primary N) is 1. The standard InChI is InChI=1S/C19H23N7O3S2/c1-3-9-25(13(27)11-30-19-24-23-17(21-2)31-19)14-15(20)26(18(29)22-16(14)28)10-12-7-5-4-6-8-12/h4-8H,3,9-11,20H2,1-2H3,(H,21,23)(H,22,28,29). The van der Waals surface area contributed by atoms with Gasteiger partial charge in [0.15, 0.2) is 10.0 Å². The Labute approximate surface area is 186 Å². The van der Waals surface area contributed by atoms with Crippen LogP contribution in [-0.4, -0.2) is 45.0 Å². The minimum atomic E-state index is -0.688. The number of anilines is 3. The zero-order valence-electron chi connectivity index (χ0n) is 17.1. The molecule has 12 heteroatoms. The summed E-state index contributed by atoms with van der Waals surface area (Å²) in [5.74, 6) is -0.303. The van der Waals surface area contributed by atoms with E-state index >= 15 is 0 Å². The fourth-order valence-electron chi connectivity index (χ4n) is 2.92. The number of aromatic amines is 1. The molecule has 0 saturated heterocycles. The lowest BCUT2D eigenvalue weighted by molar-refractivity contribution is -0.116. The summed E-state index contributed by atoms with van der Waals surface area (Å²) in [6.45, 7) is 2.35. The van der Waals surface area contributed by atoms with Crippen LogP contribution in [0.4, 0.5) is 16.6 Å². The van der Waals surface area contributed by atoms with Crippen LogP contribution >= 0.6 is 23.1 Å². The lowest BCUT2D eigenvalue weighted by Crippen LogP contribution is -2.42. The van der Waals surface area contributed by atoms with Gasteiger partial charge in [-0.15, -0.1) is 10.2 Å². The van der Waals surface area contributed by atoms with E-state index in [-0.39, 0.29) is 36.3 Å².